The molecule has 0 radical (unpaired) electrons. The van der Waals surface area contributed by atoms with Crippen LogP contribution >= 0.6 is 0 Å². The van der Waals surface area contributed by atoms with Crippen molar-refractivity contribution in [3.63, 3.8) is 0 Å². The van der Waals surface area contributed by atoms with Gasteiger partial charge in [0.15, 0.2) is 0 Å². The first-order valence-corrected chi connectivity index (χ1v) is 7.65. The van der Waals surface area contributed by atoms with Crippen LogP contribution in [-0.4, -0.2) is 19.2 Å². The second-order valence-corrected chi connectivity index (χ2v) is 5.67. The minimum Gasteiger partial charge on any atom is -0.376 e. The lowest BCUT2D eigenvalue weighted by atomic mass is 10.00. The lowest BCUT2D eigenvalue weighted by molar-refractivity contribution is 0.106. The standard InChI is InChI=1S/C19H25NO/c1-16(2)20-13-19(18-11-7-4-8-12-18)15-21-14-17-9-5-3-6-10-17/h3-12,16,19-20H,13-15H2,1-2H3. The summed E-state index contributed by atoms with van der Waals surface area (Å²) in [7, 11) is 0. The number of benzene rings is 2. The van der Waals surface area contributed by atoms with E-state index in [0.29, 0.717) is 18.6 Å². The van der Waals surface area contributed by atoms with Crippen LogP contribution in [0.5, 0.6) is 0 Å². The van der Waals surface area contributed by atoms with E-state index in [4.69, 9.17) is 4.74 Å². The molecular formula is C19H25NO. The van der Waals surface area contributed by atoms with Crippen molar-refractivity contribution in [1.29, 1.82) is 0 Å². The maximum Gasteiger partial charge on any atom is 0.0717 e. The SMILES string of the molecule is CC(C)NCC(COCc1ccccc1)c1ccccc1. The predicted octanol–water partition coefficient (Wildman–Crippen LogP) is 3.99. The molecule has 0 fully saturated rings. The quantitative estimate of drug-likeness (QED) is 0.791. The second-order valence-electron chi connectivity index (χ2n) is 5.67. The van der Waals surface area contributed by atoms with Crippen LogP contribution in [0.25, 0.3) is 0 Å². The highest BCUT2D eigenvalue weighted by Crippen LogP contribution is 2.16. The summed E-state index contributed by atoms with van der Waals surface area (Å²) in [4.78, 5) is 0. The van der Waals surface area contributed by atoms with Crippen LogP contribution in [0.2, 0.25) is 0 Å². The summed E-state index contributed by atoms with van der Waals surface area (Å²) in [5.74, 6) is 0.386. The molecule has 2 nitrogen and oxygen atoms in total. The fourth-order valence-electron chi connectivity index (χ4n) is 2.27. The summed E-state index contributed by atoms with van der Waals surface area (Å²) >= 11 is 0. The van der Waals surface area contributed by atoms with Gasteiger partial charge >= 0.3 is 0 Å². The molecule has 0 aromatic heterocycles. The maximum atomic E-state index is 5.93. The Bertz CT molecular complexity index is 495. The molecule has 1 unspecified atom stereocenters. The van der Waals surface area contributed by atoms with E-state index in [9.17, 15) is 0 Å². The third-order valence-electron chi connectivity index (χ3n) is 3.47. The Morgan fingerprint density at radius 3 is 2.14 bits per heavy atom. The molecule has 1 atom stereocenters. The van der Waals surface area contributed by atoms with Crippen LogP contribution in [0.4, 0.5) is 0 Å². The van der Waals surface area contributed by atoms with E-state index >= 15 is 0 Å². The van der Waals surface area contributed by atoms with E-state index in [0.717, 1.165) is 13.2 Å². The molecule has 1 N–H and O–H groups in total. The van der Waals surface area contributed by atoms with E-state index < -0.39 is 0 Å². The third-order valence-corrected chi connectivity index (χ3v) is 3.47. The Morgan fingerprint density at radius 1 is 0.905 bits per heavy atom. The monoisotopic (exact) mass is 283 g/mol. The molecule has 0 heterocycles. The molecule has 0 aliphatic carbocycles. The molecule has 0 aliphatic heterocycles. The van der Waals surface area contributed by atoms with Crippen molar-refractivity contribution in [2.75, 3.05) is 13.2 Å². The van der Waals surface area contributed by atoms with Crippen LogP contribution in [-0.2, 0) is 11.3 Å². The van der Waals surface area contributed by atoms with Crippen LogP contribution in [0.3, 0.4) is 0 Å². The first-order chi connectivity index (χ1) is 10.3. The molecule has 2 heteroatoms. The van der Waals surface area contributed by atoms with Gasteiger partial charge in [-0.25, -0.2) is 0 Å². The van der Waals surface area contributed by atoms with Crippen molar-refractivity contribution in [3.05, 3.63) is 71.8 Å². The Balaban J connectivity index is 1.89. The zero-order chi connectivity index (χ0) is 14.9. The Morgan fingerprint density at radius 2 is 1.52 bits per heavy atom. The van der Waals surface area contributed by atoms with E-state index in [1.165, 1.54) is 11.1 Å². The minimum absolute atomic E-state index is 0.386. The van der Waals surface area contributed by atoms with E-state index in [1.54, 1.807) is 0 Å². The van der Waals surface area contributed by atoms with Gasteiger partial charge in [0, 0.05) is 18.5 Å². The molecule has 0 aliphatic rings. The third kappa shape index (κ3) is 5.70. The average Bonchev–Trinajstić information content (AvgIpc) is 2.52. The van der Waals surface area contributed by atoms with E-state index in [1.807, 2.05) is 18.2 Å². The number of nitrogens with one attached hydrogen (secondary N) is 1. The molecule has 0 bridgehead atoms. The van der Waals surface area contributed by atoms with Gasteiger partial charge in [0.25, 0.3) is 0 Å². The summed E-state index contributed by atoms with van der Waals surface area (Å²) < 4.78 is 5.93. The van der Waals surface area contributed by atoms with Crippen molar-refractivity contribution in [3.8, 4) is 0 Å². The van der Waals surface area contributed by atoms with Crippen LogP contribution in [0, 0.1) is 0 Å². The van der Waals surface area contributed by atoms with Crippen molar-refractivity contribution in [2.24, 2.45) is 0 Å². The van der Waals surface area contributed by atoms with E-state index in [2.05, 4.69) is 61.6 Å². The molecule has 0 amide bonds. The molecule has 0 saturated heterocycles. The Hall–Kier alpha value is -1.64. The van der Waals surface area contributed by atoms with E-state index in [-0.39, 0.29) is 0 Å². The van der Waals surface area contributed by atoms with Crippen molar-refractivity contribution in [1.82, 2.24) is 5.32 Å². The largest absolute Gasteiger partial charge is 0.376 e. The topological polar surface area (TPSA) is 21.3 Å². The molecule has 112 valence electrons. The smallest absolute Gasteiger partial charge is 0.0717 e. The summed E-state index contributed by atoms with van der Waals surface area (Å²) in [6, 6.07) is 21.4. The fourth-order valence-corrected chi connectivity index (χ4v) is 2.27. The van der Waals surface area contributed by atoms with Gasteiger partial charge in [0.1, 0.15) is 0 Å². The normalized spacial score (nSPS) is 12.5. The number of rotatable bonds is 8. The first-order valence-electron chi connectivity index (χ1n) is 7.65. The summed E-state index contributed by atoms with van der Waals surface area (Å²) in [5.41, 5.74) is 2.56. The molecule has 2 aromatic rings. The fraction of sp³-hybridized carbons (Fsp3) is 0.368. The summed E-state index contributed by atoms with van der Waals surface area (Å²) in [6.45, 7) is 6.70. The molecule has 21 heavy (non-hydrogen) atoms. The zero-order valence-corrected chi connectivity index (χ0v) is 13.0. The number of ether oxygens (including phenoxy) is 1. The molecular weight excluding hydrogens is 258 g/mol. The molecule has 2 aromatic carbocycles. The lowest BCUT2D eigenvalue weighted by Crippen LogP contribution is -2.30. The van der Waals surface area contributed by atoms with Gasteiger partial charge in [-0.1, -0.05) is 74.5 Å². The lowest BCUT2D eigenvalue weighted by Gasteiger charge is -2.20. The van der Waals surface area contributed by atoms with Gasteiger partial charge in [-0.05, 0) is 11.1 Å². The van der Waals surface area contributed by atoms with Gasteiger partial charge in [-0.2, -0.15) is 0 Å². The number of hydrogen-bond acceptors (Lipinski definition) is 2. The second kappa shape index (κ2) is 8.60. The molecule has 0 spiro atoms. The van der Waals surface area contributed by atoms with Gasteiger partial charge < -0.3 is 10.1 Å². The van der Waals surface area contributed by atoms with Crippen LogP contribution in [0.15, 0.2) is 60.7 Å². The maximum absolute atomic E-state index is 5.93. The Kier molecular flexibility index (Phi) is 6.45. The van der Waals surface area contributed by atoms with Crippen molar-refractivity contribution >= 4 is 0 Å². The van der Waals surface area contributed by atoms with Gasteiger partial charge in [0.2, 0.25) is 0 Å². The molecule has 0 saturated carbocycles. The average molecular weight is 283 g/mol. The first kappa shape index (κ1) is 15.7. The highest BCUT2D eigenvalue weighted by atomic mass is 16.5. The van der Waals surface area contributed by atoms with Gasteiger partial charge in [-0.3, -0.25) is 0 Å². The van der Waals surface area contributed by atoms with Gasteiger partial charge in [0.05, 0.1) is 13.2 Å². The molecule has 2 rings (SSSR count). The summed E-state index contributed by atoms with van der Waals surface area (Å²) in [6.07, 6.45) is 0. The number of hydrogen-bond donors (Lipinski definition) is 1. The van der Waals surface area contributed by atoms with Crippen LogP contribution < -0.4 is 5.32 Å². The highest BCUT2D eigenvalue weighted by molar-refractivity contribution is 5.20. The van der Waals surface area contributed by atoms with Crippen molar-refractivity contribution < 1.29 is 4.74 Å². The highest BCUT2D eigenvalue weighted by Gasteiger charge is 2.12. The van der Waals surface area contributed by atoms with Gasteiger partial charge in [-0.15, -0.1) is 0 Å². The minimum atomic E-state index is 0.386. The Labute approximate surface area is 128 Å². The predicted molar refractivity (Wildman–Crippen MR) is 88.4 cm³/mol. The van der Waals surface area contributed by atoms with Crippen molar-refractivity contribution in [2.45, 2.75) is 32.4 Å². The summed E-state index contributed by atoms with van der Waals surface area (Å²) in [5, 5.41) is 3.51. The zero-order valence-electron chi connectivity index (χ0n) is 13.0. The van der Waals surface area contributed by atoms with Crippen LogP contribution in [0.1, 0.15) is 30.9 Å².